The van der Waals surface area contributed by atoms with E-state index < -0.39 is 83.6 Å². The first-order chi connectivity index (χ1) is 33.4. The molecule has 4 aromatic rings. The average molecular weight is 984 g/mol. The smallest absolute Gasteiger partial charge is 0.410 e. The van der Waals surface area contributed by atoms with E-state index in [2.05, 4.69) is 21.1 Å². The second kappa shape index (κ2) is 24.1. The van der Waals surface area contributed by atoms with E-state index >= 15 is 0 Å². The predicted octanol–water partition coefficient (Wildman–Crippen LogP) is 5.90. The molecule has 1 aromatic heterocycles. The molecule has 71 heavy (non-hydrogen) atoms. The standard InChI is InChI=1S/C52H69N7O12/c1-32(2)26-40(57(10)50(67)70-52(7,8)9)48(64)59-25-24-58(49(65)66)30-41(59)46(62)54-36(28-34-16-12-11-13-17-34)31-68-42-21-20-35-18-14-15-19-38(35)44(42)47(63)55-39(29-43(60)69-51(4,5)6)45(61)53-23-22-37-27-33(3)56-71-37/h11-21,27,32,36,39-41H,22-26,28-31H2,1-10H3,(H,53,61)(H,54,62)(H,55,63)(H,65,66)/t36-,39+,40+,41-/m1/s1. The SMILES string of the molecule is Cc1cc(CCNC(=O)[C@H](CC(=O)OC(C)(C)C)NC(=O)c2c(OC[C@@H](Cc3ccccc3)NC(=O)[C@H]3CN(C(=O)O)CCN3C(=O)[C@H](CC(C)C)N(C)C(=O)OC(C)(C)C)ccc3ccccc23)on1. The molecule has 384 valence electrons. The van der Waals surface area contributed by atoms with Gasteiger partial charge in [0.25, 0.3) is 5.91 Å². The Hall–Kier alpha value is -7.18. The average Bonchev–Trinajstić information content (AvgIpc) is 3.71. The minimum absolute atomic E-state index is 0.0517. The van der Waals surface area contributed by atoms with Crippen molar-refractivity contribution in [1.29, 1.82) is 0 Å². The van der Waals surface area contributed by atoms with Crippen molar-refractivity contribution in [2.45, 2.75) is 123 Å². The summed E-state index contributed by atoms with van der Waals surface area (Å²) in [5, 5.41) is 23.6. The second-order valence-corrected chi connectivity index (χ2v) is 20.2. The Labute approximate surface area is 414 Å². The molecule has 0 unspecified atom stereocenters. The third-order valence-electron chi connectivity index (χ3n) is 11.4. The topological polar surface area (TPSA) is 239 Å². The summed E-state index contributed by atoms with van der Waals surface area (Å²) < 4.78 is 22.9. The molecular formula is C52H69N7O12. The quantitative estimate of drug-likeness (QED) is 0.0802. The van der Waals surface area contributed by atoms with Gasteiger partial charge in [-0.15, -0.1) is 0 Å². The number of amides is 6. The third-order valence-corrected chi connectivity index (χ3v) is 11.4. The number of benzene rings is 3. The minimum Gasteiger partial charge on any atom is -0.491 e. The van der Waals surface area contributed by atoms with Crippen LogP contribution in [0, 0.1) is 12.8 Å². The molecule has 5 rings (SSSR count). The molecule has 1 fully saturated rings. The number of ether oxygens (including phenoxy) is 3. The second-order valence-electron chi connectivity index (χ2n) is 20.2. The number of carbonyl (C=O) groups is 7. The molecule has 6 amide bonds. The summed E-state index contributed by atoms with van der Waals surface area (Å²) in [4.78, 5) is 100. The van der Waals surface area contributed by atoms with E-state index in [1.165, 1.54) is 16.8 Å². The van der Waals surface area contributed by atoms with E-state index in [-0.39, 0.29) is 62.9 Å². The molecule has 19 heteroatoms. The van der Waals surface area contributed by atoms with Crippen molar-refractivity contribution < 1.29 is 57.4 Å². The Balaban J connectivity index is 1.45. The number of hydrogen-bond donors (Lipinski definition) is 4. The fourth-order valence-corrected chi connectivity index (χ4v) is 8.07. The molecule has 19 nitrogen and oxygen atoms in total. The number of piperazine rings is 1. The lowest BCUT2D eigenvalue weighted by Gasteiger charge is -2.42. The predicted molar refractivity (Wildman–Crippen MR) is 264 cm³/mol. The number of fused-ring (bicyclic) bond motifs is 1. The van der Waals surface area contributed by atoms with E-state index in [9.17, 15) is 38.7 Å². The maximum Gasteiger partial charge on any atom is 0.410 e. The molecule has 0 saturated carbocycles. The fourth-order valence-electron chi connectivity index (χ4n) is 8.07. The lowest BCUT2D eigenvalue weighted by molar-refractivity contribution is -0.156. The van der Waals surface area contributed by atoms with Crippen LogP contribution in [-0.4, -0.2) is 142 Å². The summed E-state index contributed by atoms with van der Waals surface area (Å²) in [6.07, 6.45) is -1.72. The van der Waals surface area contributed by atoms with Gasteiger partial charge in [0.1, 0.15) is 47.4 Å². The van der Waals surface area contributed by atoms with Gasteiger partial charge < -0.3 is 49.6 Å². The van der Waals surface area contributed by atoms with Gasteiger partial charge in [0.15, 0.2) is 0 Å². The molecule has 4 N–H and O–H groups in total. The number of esters is 1. The molecular weight excluding hydrogens is 915 g/mol. The van der Waals surface area contributed by atoms with Crippen LogP contribution in [0.5, 0.6) is 5.75 Å². The highest BCUT2D eigenvalue weighted by Crippen LogP contribution is 2.29. The number of rotatable bonds is 19. The zero-order chi connectivity index (χ0) is 52.2. The first-order valence-corrected chi connectivity index (χ1v) is 23.8. The van der Waals surface area contributed by atoms with Crippen LogP contribution in [0.2, 0.25) is 0 Å². The lowest BCUT2D eigenvalue weighted by Crippen LogP contribution is -2.65. The Bertz CT molecular complexity index is 2510. The molecule has 0 radical (unpaired) electrons. The molecule has 1 saturated heterocycles. The van der Waals surface area contributed by atoms with E-state index in [1.54, 1.807) is 90.9 Å². The number of carbonyl (C=O) groups excluding carboxylic acids is 6. The zero-order valence-corrected chi connectivity index (χ0v) is 42.4. The zero-order valence-electron chi connectivity index (χ0n) is 42.4. The largest absolute Gasteiger partial charge is 0.491 e. The lowest BCUT2D eigenvalue weighted by atomic mass is 9.99. The van der Waals surface area contributed by atoms with E-state index in [4.69, 9.17) is 18.7 Å². The van der Waals surface area contributed by atoms with Crippen LogP contribution >= 0.6 is 0 Å². The van der Waals surface area contributed by atoms with Gasteiger partial charge in [-0.25, -0.2) is 9.59 Å². The van der Waals surface area contributed by atoms with Crippen molar-refractivity contribution in [3.8, 4) is 5.75 Å². The summed E-state index contributed by atoms with van der Waals surface area (Å²) in [5.41, 5.74) is -0.177. The summed E-state index contributed by atoms with van der Waals surface area (Å²) in [7, 11) is 1.47. The highest BCUT2D eigenvalue weighted by molar-refractivity contribution is 6.10. The van der Waals surface area contributed by atoms with Gasteiger partial charge in [0.05, 0.1) is 30.3 Å². The molecule has 0 aliphatic carbocycles. The van der Waals surface area contributed by atoms with Crippen LogP contribution in [0.15, 0.2) is 77.3 Å². The van der Waals surface area contributed by atoms with Gasteiger partial charge in [-0.2, -0.15) is 0 Å². The van der Waals surface area contributed by atoms with Crippen molar-refractivity contribution in [3.05, 3.63) is 95.4 Å². The summed E-state index contributed by atoms with van der Waals surface area (Å²) in [5.74, 6) is -2.70. The van der Waals surface area contributed by atoms with Crippen molar-refractivity contribution >= 4 is 52.6 Å². The van der Waals surface area contributed by atoms with Crippen molar-refractivity contribution in [2.24, 2.45) is 5.92 Å². The molecule has 1 aliphatic heterocycles. The number of likely N-dealkylation sites (N-methyl/N-ethyl adjacent to an activating group) is 1. The first kappa shape index (κ1) is 54.8. The highest BCUT2D eigenvalue weighted by atomic mass is 16.6. The Morgan fingerprint density at radius 3 is 2.20 bits per heavy atom. The van der Waals surface area contributed by atoms with Crippen LogP contribution < -0.4 is 20.7 Å². The number of aryl methyl sites for hydroxylation is 1. The Kier molecular flexibility index (Phi) is 18.6. The van der Waals surface area contributed by atoms with Crippen molar-refractivity contribution in [3.63, 3.8) is 0 Å². The van der Waals surface area contributed by atoms with Gasteiger partial charge in [-0.1, -0.05) is 79.7 Å². The fraction of sp³-hybridized carbons (Fsp3) is 0.500. The van der Waals surface area contributed by atoms with E-state index in [1.807, 2.05) is 44.2 Å². The molecule has 4 atom stereocenters. The van der Waals surface area contributed by atoms with Crippen molar-refractivity contribution in [2.75, 3.05) is 39.8 Å². The highest BCUT2D eigenvalue weighted by Gasteiger charge is 2.42. The van der Waals surface area contributed by atoms with E-state index in [0.717, 1.165) is 10.5 Å². The van der Waals surface area contributed by atoms with Gasteiger partial charge >= 0.3 is 18.2 Å². The molecule has 0 bridgehead atoms. The summed E-state index contributed by atoms with van der Waals surface area (Å²) >= 11 is 0. The molecule has 3 aromatic carbocycles. The maximum atomic E-state index is 14.7. The number of nitrogens with zero attached hydrogens (tertiary/aromatic N) is 4. The van der Waals surface area contributed by atoms with Gasteiger partial charge in [-0.05, 0) is 89.6 Å². The monoisotopic (exact) mass is 984 g/mol. The van der Waals surface area contributed by atoms with Crippen molar-refractivity contribution in [1.82, 2.24) is 35.8 Å². The first-order valence-electron chi connectivity index (χ1n) is 23.8. The molecule has 2 heterocycles. The van der Waals surface area contributed by atoms with Crippen LogP contribution in [-0.2, 0) is 41.5 Å². The Morgan fingerprint density at radius 2 is 1.56 bits per heavy atom. The van der Waals surface area contributed by atoms with Crippen LogP contribution in [0.1, 0.15) is 95.6 Å². The summed E-state index contributed by atoms with van der Waals surface area (Å²) in [6.45, 7) is 15.2. The molecule has 0 spiro atoms. The van der Waals surface area contributed by atoms with Crippen LogP contribution in [0.25, 0.3) is 10.8 Å². The van der Waals surface area contributed by atoms with Gasteiger partial charge in [0, 0.05) is 39.2 Å². The normalized spacial score (nSPS) is 15.3. The maximum absolute atomic E-state index is 14.7. The number of nitrogens with one attached hydrogen (secondary N) is 3. The third kappa shape index (κ3) is 16.2. The minimum atomic E-state index is -1.37. The van der Waals surface area contributed by atoms with Gasteiger partial charge in [0.2, 0.25) is 17.7 Å². The number of hydrogen-bond acceptors (Lipinski definition) is 12. The van der Waals surface area contributed by atoms with Crippen LogP contribution in [0.3, 0.4) is 0 Å². The number of aromatic nitrogens is 1. The number of carboxylic acid groups (broad SMARTS) is 1. The van der Waals surface area contributed by atoms with E-state index in [0.29, 0.717) is 28.6 Å². The molecule has 1 aliphatic rings. The van der Waals surface area contributed by atoms with Crippen LogP contribution in [0.4, 0.5) is 9.59 Å². The van der Waals surface area contributed by atoms with Gasteiger partial charge in [-0.3, -0.25) is 28.9 Å². The summed E-state index contributed by atoms with van der Waals surface area (Å²) in [6, 6.07) is 16.9. The Morgan fingerprint density at radius 1 is 0.887 bits per heavy atom.